The molecule has 1 aromatic heterocycles. The number of amides is 1. The quantitative estimate of drug-likeness (QED) is 0.817. The summed E-state index contributed by atoms with van der Waals surface area (Å²) >= 11 is 0. The van der Waals surface area contributed by atoms with Crippen LogP contribution in [0.15, 0.2) is 17.1 Å². The molecule has 0 aliphatic carbocycles. The number of carbonyl (C=O) groups excluding carboxylic acids is 2. The van der Waals surface area contributed by atoms with Gasteiger partial charge in [0.25, 0.3) is 5.56 Å². The van der Waals surface area contributed by atoms with Crippen LogP contribution in [-0.2, 0) is 15.0 Å². The molecule has 8 heteroatoms. The highest BCUT2D eigenvalue weighted by molar-refractivity contribution is 5.91. The van der Waals surface area contributed by atoms with Crippen LogP contribution in [0, 0.1) is 0 Å². The number of aromatic nitrogens is 1. The van der Waals surface area contributed by atoms with Gasteiger partial charge < -0.3 is 24.0 Å². The first kappa shape index (κ1) is 17.8. The Balaban J connectivity index is 2.23. The standard InChI is InChI=1S/C16H22N2O6/c1-15(2,3)24-14(22)17-8-16(4,9-17)18-7-10(13(21)23-5)11(19)6-12(18)20/h6-7,19H,8-9H2,1-5H3. The van der Waals surface area contributed by atoms with E-state index in [4.69, 9.17) is 4.74 Å². The van der Waals surface area contributed by atoms with Gasteiger partial charge in [0.15, 0.2) is 0 Å². The minimum Gasteiger partial charge on any atom is -0.507 e. The van der Waals surface area contributed by atoms with Gasteiger partial charge in [0.05, 0.1) is 12.6 Å². The molecule has 1 N–H and O–H groups in total. The third-order valence-electron chi connectivity index (χ3n) is 3.73. The van der Waals surface area contributed by atoms with Crippen LogP contribution in [0.1, 0.15) is 38.1 Å². The number of esters is 1. The average Bonchev–Trinajstić information content (AvgIpc) is 2.41. The summed E-state index contributed by atoms with van der Waals surface area (Å²) in [5.74, 6) is -1.18. The van der Waals surface area contributed by atoms with E-state index in [0.29, 0.717) is 0 Å². The first-order valence-electron chi connectivity index (χ1n) is 7.49. The van der Waals surface area contributed by atoms with Crippen LogP contribution in [0.3, 0.4) is 0 Å². The molecule has 24 heavy (non-hydrogen) atoms. The molecule has 0 saturated carbocycles. The van der Waals surface area contributed by atoms with E-state index in [1.54, 1.807) is 27.7 Å². The fourth-order valence-electron chi connectivity index (χ4n) is 2.60. The van der Waals surface area contributed by atoms with Gasteiger partial charge in [-0.1, -0.05) is 0 Å². The second-order valence-corrected chi connectivity index (χ2v) is 7.11. The second-order valence-electron chi connectivity index (χ2n) is 7.11. The van der Waals surface area contributed by atoms with Crippen LogP contribution < -0.4 is 5.56 Å². The van der Waals surface area contributed by atoms with E-state index in [9.17, 15) is 19.5 Å². The highest BCUT2D eigenvalue weighted by atomic mass is 16.6. The molecule has 1 aliphatic rings. The van der Waals surface area contributed by atoms with Crippen LogP contribution in [0.2, 0.25) is 0 Å². The smallest absolute Gasteiger partial charge is 0.410 e. The van der Waals surface area contributed by atoms with E-state index >= 15 is 0 Å². The summed E-state index contributed by atoms with van der Waals surface area (Å²) in [5, 5.41) is 9.74. The Labute approximate surface area is 139 Å². The fraction of sp³-hybridized carbons (Fsp3) is 0.562. The van der Waals surface area contributed by atoms with E-state index in [1.807, 2.05) is 0 Å². The third kappa shape index (κ3) is 3.37. The van der Waals surface area contributed by atoms with E-state index in [1.165, 1.54) is 22.8 Å². The summed E-state index contributed by atoms with van der Waals surface area (Å²) in [7, 11) is 1.19. The summed E-state index contributed by atoms with van der Waals surface area (Å²) in [6.07, 6.45) is 0.802. The van der Waals surface area contributed by atoms with Crippen molar-refractivity contribution in [2.75, 3.05) is 20.2 Å². The molecule has 1 amide bonds. The average molecular weight is 338 g/mol. The summed E-state index contributed by atoms with van der Waals surface area (Å²) in [6.45, 7) is 7.62. The van der Waals surface area contributed by atoms with Crippen LogP contribution in [0.5, 0.6) is 5.75 Å². The molecule has 1 saturated heterocycles. The fourth-order valence-corrected chi connectivity index (χ4v) is 2.60. The van der Waals surface area contributed by atoms with E-state index in [-0.39, 0.29) is 18.7 Å². The summed E-state index contributed by atoms with van der Waals surface area (Å²) in [4.78, 5) is 37.3. The van der Waals surface area contributed by atoms with E-state index in [0.717, 1.165) is 6.07 Å². The second kappa shape index (κ2) is 5.85. The zero-order valence-electron chi connectivity index (χ0n) is 14.5. The van der Waals surface area contributed by atoms with Gasteiger partial charge in [-0.3, -0.25) is 4.79 Å². The molecule has 132 valence electrons. The molecule has 1 aromatic rings. The lowest BCUT2D eigenvalue weighted by Gasteiger charge is -2.48. The number of pyridine rings is 1. The molecular formula is C16H22N2O6. The number of aromatic hydroxyl groups is 1. The van der Waals surface area contributed by atoms with Crippen molar-refractivity contribution < 1.29 is 24.2 Å². The third-order valence-corrected chi connectivity index (χ3v) is 3.73. The number of likely N-dealkylation sites (tertiary alicyclic amines) is 1. The van der Waals surface area contributed by atoms with Crippen LogP contribution in [-0.4, -0.2) is 52.4 Å². The lowest BCUT2D eigenvalue weighted by Crippen LogP contribution is -2.65. The highest BCUT2D eigenvalue weighted by Gasteiger charge is 2.45. The number of hydrogen-bond acceptors (Lipinski definition) is 6. The van der Waals surface area contributed by atoms with E-state index < -0.39 is 34.5 Å². The molecule has 0 spiro atoms. The Hall–Kier alpha value is -2.51. The van der Waals surface area contributed by atoms with Gasteiger partial charge in [0.2, 0.25) is 0 Å². The lowest BCUT2D eigenvalue weighted by molar-refractivity contribution is -0.0242. The van der Waals surface area contributed by atoms with Gasteiger partial charge in [-0.25, -0.2) is 9.59 Å². The number of ether oxygens (including phenoxy) is 2. The van der Waals surface area contributed by atoms with Crippen molar-refractivity contribution in [2.24, 2.45) is 0 Å². The van der Waals surface area contributed by atoms with Gasteiger partial charge in [-0.2, -0.15) is 0 Å². The molecule has 1 fully saturated rings. The van der Waals surface area contributed by atoms with Gasteiger partial charge >= 0.3 is 12.1 Å². The van der Waals surface area contributed by atoms with Crippen molar-refractivity contribution in [2.45, 2.75) is 38.8 Å². The lowest BCUT2D eigenvalue weighted by atomic mass is 9.91. The molecule has 0 radical (unpaired) electrons. The topological polar surface area (TPSA) is 98.1 Å². The van der Waals surface area contributed by atoms with Gasteiger partial charge in [0, 0.05) is 25.4 Å². The van der Waals surface area contributed by atoms with Crippen molar-refractivity contribution in [1.29, 1.82) is 0 Å². The van der Waals surface area contributed by atoms with Crippen molar-refractivity contribution in [3.8, 4) is 5.75 Å². The van der Waals surface area contributed by atoms with Crippen LogP contribution in [0.4, 0.5) is 4.79 Å². The number of rotatable bonds is 2. The normalized spacial score (nSPS) is 16.3. The first-order valence-corrected chi connectivity index (χ1v) is 7.49. The Morgan fingerprint density at radius 3 is 2.38 bits per heavy atom. The predicted octanol–water partition coefficient (Wildman–Crippen LogP) is 1.31. The summed E-state index contributed by atoms with van der Waals surface area (Å²) in [6, 6.07) is 0.966. The molecule has 2 heterocycles. The monoisotopic (exact) mass is 338 g/mol. The zero-order valence-corrected chi connectivity index (χ0v) is 14.5. The number of nitrogens with zero attached hydrogens (tertiary/aromatic N) is 2. The van der Waals surface area contributed by atoms with Crippen LogP contribution in [0.25, 0.3) is 0 Å². The van der Waals surface area contributed by atoms with Gasteiger partial charge in [0.1, 0.15) is 16.9 Å². The molecule has 0 aromatic carbocycles. The Kier molecular flexibility index (Phi) is 4.34. The molecule has 8 nitrogen and oxygen atoms in total. The summed E-state index contributed by atoms with van der Waals surface area (Å²) in [5.41, 5.74) is -1.86. The Bertz CT molecular complexity index is 725. The minimum absolute atomic E-state index is 0.103. The highest BCUT2D eigenvalue weighted by Crippen LogP contribution is 2.30. The Morgan fingerprint density at radius 2 is 1.88 bits per heavy atom. The van der Waals surface area contributed by atoms with Crippen molar-refractivity contribution in [3.63, 3.8) is 0 Å². The maximum atomic E-state index is 12.2. The molecule has 0 unspecified atom stereocenters. The minimum atomic E-state index is -0.742. The molecular weight excluding hydrogens is 316 g/mol. The molecule has 0 atom stereocenters. The van der Waals surface area contributed by atoms with Crippen molar-refractivity contribution in [3.05, 3.63) is 28.2 Å². The van der Waals surface area contributed by atoms with Gasteiger partial charge in [-0.15, -0.1) is 0 Å². The van der Waals surface area contributed by atoms with Gasteiger partial charge in [-0.05, 0) is 27.7 Å². The SMILES string of the molecule is COC(=O)c1cn(C2(C)CN(C(=O)OC(C)(C)C)C2)c(=O)cc1O. The number of carbonyl (C=O) groups is 2. The van der Waals surface area contributed by atoms with Crippen LogP contribution >= 0.6 is 0 Å². The summed E-state index contributed by atoms with van der Waals surface area (Å²) < 4.78 is 11.2. The number of hydrogen-bond donors (Lipinski definition) is 1. The molecule has 1 aliphatic heterocycles. The maximum Gasteiger partial charge on any atom is 0.410 e. The maximum absolute atomic E-state index is 12.2. The number of methoxy groups -OCH3 is 1. The largest absolute Gasteiger partial charge is 0.507 e. The molecule has 2 rings (SSSR count). The van der Waals surface area contributed by atoms with Crippen molar-refractivity contribution >= 4 is 12.1 Å². The molecule has 0 bridgehead atoms. The Morgan fingerprint density at radius 1 is 1.29 bits per heavy atom. The van der Waals surface area contributed by atoms with Crippen molar-refractivity contribution in [1.82, 2.24) is 9.47 Å². The first-order chi connectivity index (χ1) is 11.0. The zero-order chi connectivity index (χ0) is 18.3. The van der Waals surface area contributed by atoms with E-state index in [2.05, 4.69) is 4.74 Å². The predicted molar refractivity (Wildman–Crippen MR) is 85.2 cm³/mol.